The Morgan fingerprint density at radius 2 is 1.59 bits per heavy atom. The minimum absolute atomic E-state index is 0.0238. The molecule has 2 atom stereocenters. The minimum atomic E-state index is -0.0398. The largest absolute Gasteiger partial charge is 0.356 e. The lowest BCUT2D eigenvalue weighted by atomic mass is 9.98. The van der Waals surface area contributed by atoms with Crippen LogP contribution >= 0.6 is 0 Å². The molecule has 0 fully saturated rings. The van der Waals surface area contributed by atoms with Gasteiger partial charge in [0.15, 0.2) is 0 Å². The molecule has 2 amide bonds. The van der Waals surface area contributed by atoms with Gasteiger partial charge < -0.3 is 10.6 Å². The Morgan fingerprint density at radius 3 is 2.15 bits per heavy atom. The van der Waals surface area contributed by atoms with Crippen LogP contribution in [0.1, 0.15) is 84.6 Å². The average Bonchev–Trinajstić information content (AvgIpc) is 2.62. The first-order valence-corrected chi connectivity index (χ1v) is 10.5. The van der Waals surface area contributed by atoms with Gasteiger partial charge in [-0.2, -0.15) is 0 Å². The summed E-state index contributed by atoms with van der Waals surface area (Å²) in [5.74, 6) is 1.06. The van der Waals surface area contributed by atoms with Crippen LogP contribution < -0.4 is 10.6 Å². The Hall–Kier alpha value is -1.84. The number of unbranched alkanes of at least 4 members (excludes halogenated alkanes) is 1. The average molecular weight is 375 g/mol. The highest BCUT2D eigenvalue weighted by atomic mass is 16.2. The number of benzene rings is 1. The van der Waals surface area contributed by atoms with E-state index in [9.17, 15) is 9.59 Å². The van der Waals surface area contributed by atoms with Crippen molar-refractivity contribution in [2.45, 2.75) is 79.1 Å². The van der Waals surface area contributed by atoms with E-state index in [1.165, 1.54) is 24.8 Å². The maximum atomic E-state index is 12.2. The number of hydrogen-bond donors (Lipinski definition) is 2. The monoisotopic (exact) mass is 374 g/mol. The molecule has 1 aromatic rings. The molecule has 0 aliphatic carbocycles. The normalized spacial score (nSPS) is 13.3. The van der Waals surface area contributed by atoms with Crippen molar-refractivity contribution in [1.29, 1.82) is 0 Å². The molecule has 0 aliphatic rings. The second-order valence-electron chi connectivity index (χ2n) is 8.06. The molecular formula is C23H38N2O2. The van der Waals surface area contributed by atoms with Gasteiger partial charge in [0.1, 0.15) is 0 Å². The van der Waals surface area contributed by atoms with Crippen LogP contribution in [0.25, 0.3) is 0 Å². The van der Waals surface area contributed by atoms with Gasteiger partial charge in [0, 0.05) is 25.1 Å². The van der Waals surface area contributed by atoms with Crippen molar-refractivity contribution < 1.29 is 9.59 Å². The van der Waals surface area contributed by atoms with Crippen molar-refractivity contribution >= 4 is 17.5 Å². The van der Waals surface area contributed by atoms with Gasteiger partial charge in [-0.25, -0.2) is 0 Å². The third-order valence-electron chi connectivity index (χ3n) is 5.06. The number of nitrogens with one attached hydrogen (secondary N) is 2. The first-order chi connectivity index (χ1) is 12.8. The summed E-state index contributed by atoms with van der Waals surface area (Å²) in [6.45, 7) is 11.4. The fourth-order valence-corrected chi connectivity index (χ4v) is 3.14. The Kier molecular flexibility index (Phi) is 10.8. The molecule has 0 saturated carbocycles. The third-order valence-corrected chi connectivity index (χ3v) is 5.06. The van der Waals surface area contributed by atoms with E-state index >= 15 is 0 Å². The summed E-state index contributed by atoms with van der Waals surface area (Å²) < 4.78 is 0. The summed E-state index contributed by atoms with van der Waals surface area (Å²) in [5, 5.41) is 5.97. The summed E-state index contributed by atoms with van der Waals surface area (Å²) >= 11 is 0. The Morgan fingerprint density at radius 1 is 0.963 bits per heavy atom. The van der Waals surface area contributed by atoms with Crippen LogP contribution in [-0.4, -0.2) is 18.4 Å². The number of carbonyl (C=O) groups excluding carboxylic acids is 2. The molecule has 27 heavy (non-hydrogen) atoms. The van der Waals surface area contributed by atoms with E-state index in [-0.39, 0.29) is 17.7 Å². The predicted molar refractivity (Wildman–Crippen MR) is 114 cm³/mol. The smallest absolute Gasteiger partial charge is 0.224 e. The quantitative estimate of drug-likeness (QED) is 0.508. The molecule has 152 valence electrons. The van der Waals surface area contributed by atoms with Gasteiger partial charge in [0.25, 0.3) is 0 Å². The predicted octanol–water partition coefficient (Wildman–Crippen LogP) is 5.50. The number of carbonyl (C=O) groups is 2. The highest BCUT2D eigenvalue weighted by molar-refractivity contribution is 5.91. The SMILES string of the molecule is CCCC[C@H](CC)CNC(=O)C[C@H](C)CC(=O)Nc1ccc(C(C)C)cc1. The van der Waals surface area contributed by atoms with Gasteiger partial charge in [-0.05, 0) is 41.9 Å². The molecule has 0 saturated heterocycles. The zero-order valence-electron chi connectivity index (χ0n) is 17.8. The van der Waals surface area contributed by atoms with Crippen LogP contribution in [0.5, 0.6) is 0 Å². The lowest BCUT2D eigenvalue weighted by Crippen LogP contribution is -2.30. The van der Waals surface area contributed by atoms with Gasteiger partial charge in [0.2, 0.25) is 11.8 Å². The Balaban J connectivity index is 2.34. The Bertz CT molecular complexity index is 566. The summed E-state index contributed by atoms with van der Waals surface area (Å²) in [7, 11) is 0. The molecule has 0 unspecified atom stereocenters. The summed E-state index contributed by atoms with van der Waals surface area (Å²) in [4.78, 5) is 24.4. The number of anilines is 1. The highest BCUT2D eigenvalue weighted by Crippen LogP contribution is 2.18. The fourth-order valence-electron chi connectivity index (χ4n) is 3.14. The van der Waals surface area contributed by atoms with Crippen LogP contribution in [0.4, 0.5) is 5.69 Å². The van der Waals surface area contributed by atoms with Gasteiger partial charge >= 0.3 is 0 Å². The third kappa shape index (κ3) is 9.60. The molecule has 4 heteroatoms. The molecule has 0 aromatic heterocycles. The molecule has 0 bridgehead atoms. The van der Waals surface area contributed by atoms with Crippen molar-refractivity contribution in [1.82, 2.24) is 5.32 Å². The van der Waals surface area contributed by atoms with Gasteiger partial charge in [0.05, 0.1) is 0 Å². The number of rotatable bonds is 12. The van der Waals surface area contributed by atoms with E-state index in [2.05, 4.69) is 38.3 Å². The topological polar surface area (TPSA) is 58.2 Å². The van der Waals surface area contributed by atoms with Crippen molar-refractivity contribution in [3.05, 3.63) is 29.8 Å². The van der Waals surface area contributed by atoms with Crippen molar-refractivity contribution in [3.8, 4) is 0 Å². The van der Waals surface area contributed by atoms with Crippen LogP contribution in [-0.2, 0) is 9.59 Å². The van der Waals surface area contributed by atoms with Crippen molar-refractivity contribution in [2.75, 3.05) is 11.9 Å². The molecule has 0 radical (unpaired) electrons. The van der Waals surface area contributed by atoms with E-state index in [0.717, 1.165) is 18.7 Å². The first-order valence-electron chi connectivity index (χ1n) is 10.5. The minimum Gasteiger partial charge on any atom is -0.356 e. The molecule has 0 heterocycles. The Labute approximate surface area is 165 Å². The van der Waals surface area contributed by atoms with Crippen molar-refractivity contribution in [2.24, 2.45) is 11.8 Å². The fraction of sp³-hybridized carbons (Fsp3) is 0.652. The van der Waals surface area contributed by atoms with Gasteiger partial charge in [-0.3, -0.25) is 9.59 Å². The molecule has 0 spiro atoms. The molecule has 2 N–H and O–H groups in total. The van der Waals surface area contributed by atoms with E-state index in [1.807, 2.05) is 31.2 Å². The standard InChI is InChI=1S/C23H38N2O2/c1-6-8-9-19(7-2)16-24-22(26)14-18(5)15-23(27)25-21-12-10-20(11-13-21)17(3)4/h10-13,17-19H,6-9,14-16H2,1-5H3,(H,24,26)(H,25,27)/t18-,19-/m0/s1. The van der Waals surface area contributed by atoms with Crippen LogP contribution in [0.3, 0.4) is 0 Å². The van der Waals surface area contributed by atoms with E-state index in [1.54, 1.807) is 0 Å². The van der Waals surface area contributed by atoms with Crippen molar-refractivity contribution in [3.63, 3.8) is 0 Å². The maximum Gasteiger partial charge on any atom is 0.224 e. The van der Waals surface area contributed by atoms with Crippen LogP contribution in [0.2, 0.25) is 0 Å². The van der Waals surface area contributed by atoms with E-state index < -0.39 is 0 Å². The lowest BCUT2D eigenvalue weighted by Gasteiger charge is -2.17. The van der Waals surface area contributed by atoms with Crippen LogP contribution in [0.15, 0.2) is 24.3 Å². The molecule has 0 aliphatic heterocycles. The number of hydrogen-bond acceptors (Lipinski definition) is 2. The first kappa shape index (κ1) is 23.2. The summed E-state index contributed by atoms with van der Waals surface area (Å²) in [5.41, 5.74) is 2.06. The molecule has 1 rings (SSSR count). The van der Waals surface area contributed by atoms with Gasteiger partial charge in [-0.1, -0.05) is 66.0 Å². The van der Waals surface area contributed by atoms with E-state index in [4.69, 9.17) is 0 Å². The second-order valence-corrected chi connectivity index (χ2v) is 8.06. The number of amides is 2. The molecular weight excluding hydrogens is 336 g/mol. The lowest BCUT2D eigenvalue weighted by molar-refractivity contribution is -0.122. The van der Waals surface area contributed by atoms with Crippen LogP contribution in [0, 0.1) is 11.8 Å². The molecule has 4 nitrogen and oxygen atoms in total. The maximum absolute atomic E-state index is 12.2. The summed E-state index contributed by atoms with van der Waals surface area (Å²) in [6, 6.07) is 7.96. The van der Waals surface area contributed by atoms with E-state index in [0.29, 0.717) is 24.7 Å². The molecule has 1 aromatic carbocycles. The zero-order chi connectivity index (χ0) is 20.2. The van der Waals surface area contributed by atoms with Gasteiger partial charge in [-0.15, -0.1) is 0 Å². The highest BCUT2D eigenvalue weighted by Gasteiger charge is 2.15. The zero-order valence-corrected chi connectivity index (χ0v) is 17.8. The second kappa shape index (κ2) is 12.5. The summed E-state index contributed by atoms with van der Waals surface area (Å²) in [6.07, 6.45) is 5.41.